The molecule has 37 heavy (non-hydrogen) atoms. The number of carbonyl (C=O) groups excluding carboxylic acids is 2. The van der Waals surface area contributed by atoms with E-state index < -0.39 is 6.67 Å². The van der Waals surface area contributed by atoms with Gasteiger partial charge in [0, 0.05) is 24.6 Å². The predicted molar refractivity (Wildman–Crippen MR) is 135 cm³/mol. The number of likely N-dealkylation sites (tertiary alicyclic amines) is 1. The van der Waals surface area contributed by atoms with E-state index in [-0.39, 0.29) is 42.7 Å². The Balaban J connectivity index is 1.33. The van der Waals surface area contributed by atoms with Crippen LogP contribution in [0.5, 0.6) is 11.5 Å². The van der Waals surface area contributed by atoms with Crippen molar-refractivity contribution in [2.24, 2.45) is 5.92 Å². The van der Waals surface area contributed by atoms with Gasteiger partial charge in [-0.1, -0.05) is 24.3 Å². The Morgan fingerprint density at radius 3 is 2.59 bits per heavy atom. The third kappa shape index (κ3) is 5.58. The first-order valence-corrected chi connectivity index (χ1v) is 12.4. The standard InChI is InChI=1S/C29H28F2N2O4/c30-12-15-36-24-3-1-2-21(16-24)28(19-4-7-23(31)8-5-19)20-10-13-33(14-11-20)29(35)22-6-9-26-25(17-22)32-27(34)18-37-26/h1-9,16-17,20,28H,10-15,18H2,(H,32,34). The molecule has 0 aliphatic carbocycles. The molecule has 0 radical (unpaired) electrons. The lowest BCUT2D eigenvalue weighted by Gasteiger charge is -2.37. The third-order valence-electron chi connectivity index (χ3n) is 6.95. The van der Waals surface area contributed by atoms with Crippen LogP contribution in [0.1, 0.15) is 40.2 Å². The van der Waals surface area contributed by atoms with Crippen LogP contribution in [-0.2, 0) is 4.79 Å². The van der Waals surface area contributed by atoms with Crippen LogP contribution < -0.4 is 14.8 Å². The lowest BCUT2D eigenvalue weighted by molar-refractivity contribution is -0.118. The second kappa shape index (κ2) is 11.0. The van der Waals surface area contributed by atoms with E-state index in [1.807, 2.05) is 23.1 Å². The minimum atomic E-state index is -0.568. The van der Waals surface area contributed by atoms with Crippen LogP contribution in [0.2, 0.25) is 0 Å². The van der Waals surface area contributed by atoms with Crippen LogP contribution in [0, 0.1) is 11.7 Å². The van der Waals surface area contributed by atoms with E-state index in [9.17, 15) is 18.4 Å². The number of fused-ring (bicyclic) bond motifs is 1. The van der Waals surface area contributed by atoms with Gasteiger partial charge < -0.3 is 19.7 Å². The molecule has 2 aliphatic heterocycles. The number of hydrogen-bond acceptors (Lipinski definition) is 4. The minimum Gasteiger partial charge on any atom is -0.491 e. The number of hydrogen-bond donors (Lipinski definition) is 1. The molecule has 3 aromatic carbocycles. The molecule has 8 heteroatoms. The summed E-state index contributed by atoms with van der Waals surface area (Å²) in [7, 11) is 0. The fourth-order valence-electron chi connectivity index (χ4n) is 5.20. The van der Waals surface area contributed by atoms with Crippen LogP contribution in [-0.4, -0.2) is 49.7 Å². The number of anilines is 1. The highest BCUT2D eigenvalue weighted by molar-refractivity contribution is 5.99. The normalized spacial score (nSPS) is 16.4. The van der Waals surface area contributed by atoms with E-state index >= 15 is 0 Å². The maximum absolute atomic E-state index is 13.7. The topological polar surface area (TPSA) is 67.9 Å². The summed E-state index contributed by atoms with van der Waals surface area (Å²) in [4.78, 5) is 26.7. The maximum atomic E-state index is 13.7. The summed E-state index contributed by atoms with van der Waals surface area (Å²) in [6.45, 7) is 0.525. The summed E-state index contributed by atoms with van der Waals surface area (Å²) in [6, 6.07) is 19.2. The number of halogens is 2. The number of amides is 2. The number of piperidine rings is 1. The molecule has 192 valence electrons. The molecule has 0 saturated carbocycles. The Morgan fingerprint density at radius 1 is 1.05 bits per heavy atom. The van der Waals surface area contributed by atoms with E-state index in [4.69, 9.17) is 9.47 Å². The molecule has 0 aromatic heterocycles. The Hall–Kier alpha value is -3.94. The highest BCUT2D eigenvalue weighted by Gasteiger charge is 2.31. The number of alkyl halides is 1. The van der Waals surface area contributed by atoms with E-state index in [0.717, 1.165) is 24.0 Å². The fraction of sp³-hybridized carbons (Fsp3) is 0.310. The van der Waals surface area contributed by atoms with Crippen molar-refractivity contribution < 1.29 is 27.8 Å². The summed E-state index contributed by atoms with van der Waals surface area (Å²) < 4.78 is 37.2. The van der Waals surface area contributed by atoms with Crippen LogP contribution in [0.3, 0.4) is 0 Å². The number of ether oxygens (including phenoxy) is 2. The summed E-state index contributed by atoms with van der Waals surface area (Å²) in [5, 5.41) is 2.75. The van der Waals surface area contributed by atoms with Crippen molar-refractivity contribution in [1.29, 1.82) is 0 Å². The number of nitrogens with zero attached hydrogens (tertiary/aromatic N) is 1. The van der Waals surface area contributed by atoms with Gasteiger partial charge in [-0.25, -0.2) is 8.78 Å². The Labute approximate surface area is 214 Å². The van der Waals surface area contributed by atoms with Crippen LogP contribution in [0.25, 0.3) is 0 Å². The first kappa shape index (κ1) is 24.7. The largest absolute Gasteiger partial charge is 0.491 e. The average Bonchev–Trinajstić information content (AvgIpc) is 2.93. The summed E-state index contributed by atoms with van der Waals surface area (Å²) in [5.74, 6) is 0.692. The predicted octanol–water partition coefficient (Wildman–Crippen LogP) is 5.19. The first-order valence-electron chi connectivity index (χ1n) is 12.4. The average molecular weight is 507 g/mol. The van der Waals surface area contributed by atoms with Gasteiger partial charge >= 0.3 is 0 Å². The van der Waals surface area contributed by atoms with Crippen molar-refractivity contribution in [2.75, 3.05) is 38.3 Å². The molecule has 5 rings (SSSR count). The molecule has 1 N–H and O–H groups in total. The van der Waals surface area contributed by atoms with E-state index in [1.165, 1.54) is 12.1 Å². The molecule has 3 aromatic rings. The van der Waals surface area contributed by atoms with Crippen molar-refractivity contribution in [2.45, 2.75) is 18.8 Å². The number of nitrogens with one attached hydrogen (secondary N) is 1. The van der Waals surface area contributed by atoms with Crippen molar-refractivity contribution in [3.05, 3.63) is 89.2 Å². The summed E-state index contributed by atoms with van der Waals surface area (Å²) in [5.41, 5.74) is 3.00. The lowest BCUT2D eigenvalue weighted by Crippen LogP contribution is -2.40. The molecule has 6 nitrogen and oxygen atoms in total. The molecule has 2 heterocycles. The van der Waals surface area contributed by atoms with E-state index in [0.29, 0.717) is 35.8 Å². The summed E-state index contributed by atoms with van der Waals surface area (Å²) >= 11 is 0. The highest BCUT2D eigenvalue weighted by atomic mass is 19.1. The van der Waals surface area contributed by atoms with Gasteiger partial charge in [0.15, 0.2) is 6.61 Å². The molecular formula is C29H28F2N2O4. The van der Waals surface area contributed by atoms with Crippen LogP contribution in [0.15, 0.2) is 66.7 Å². The van der Waals surface area contributed by atoms with Crippen molar-refractivity contribution >= 4 is 17.5 Å². The minimum absolute atomic E-state index is 0.0103. The number of carbonyl (C=O) groups is 2. The fourth-order valence-corrected chi connectivity index (χ4v) is 5.20. The van der Waals surface area contributed by atoms with Crippen LogP contribution in [0.4, 0.5) is 14.5 Å². The molecule has 1 unspecified atom stereocenters. The van der Waals surface area contributed by atoms with E-state index in [1.54, 1.807) is 36.4 Å². The van der Waals surface area contributed by atoms with Gasteiger partial charge in [-0.05, 0) is 72.4 Å². The molecule has 2 amide bonds. The second-order valence-corrected chi connectivity index (χ2v) is 9.32. The molecular weight excluding hydrogens is 478 g/mol. The number of benzene rings is 3. The molecule has 0 spiro atoms. The van der Waals surface area contributed by atoms with Gasteiger partial charge in [0.1, 0.15) is 30.6 Å². The zero-order chi connectivity index (χ0) is 25.8. The third-order valence-corrected chi connectivity index (χ3v) is 6.95. The zero-order valence-corrected chi connectivity index (χ0v) is 20.3. The molecule has 0 bridgehead atoms. The molecule has 2 aliphatic rings. The molecule has 1 atom stereocenters. The highest BCUT2D eigenvalue weighted by Crippen LogP contribution is 2.39. The maximum Gasteiger partial charge on any atom is 0.262 e. The smallest absolute Gasteiger partial charge is 0.262 e. The van der Waals surface area contributed by atoms with E-state index in [2.05, 4.69) is 5.32 Å². The number of rotatable bonds is 7. The molecule has 1 saturated heterocycles. The van der Waals surface area contributed by atoms with Crippen molar-refractivity contribution in [1.82, 2.24) is 4.90 Å². The van der Waals surface area contributed by atoms with Gasteiger partial charge in [-0.2, -0.15) is 0 Å². The van der Waals surface area contributed by atoms with Gasteiger partial charge in [0.05, 0.1) is 5.69 Å². The van der Waals surface area contributed by atoms with Gasteiger partial charge in [-0.3, -0.25) is 9.59 Å². The van der Waals surface area contributed by atoms with Crippen molar-refractivity contribution in [3.63, 3.8) is 0 Å². The Kier molecular flexibility index (Phi) is 7.35. The molecule has 1 fully saturated rings. The van der Waals surface area contributed by atoms with Gasteiger partial charge in [0.25, 0.3) is 11.8 Å². The van der Waals surface area contributed by atoms with Crippen molar-refractivity contribution in [3.8, 4) is 11.5 Å². The SMILES string of the molecule is O=C1COc2ccc(C(=O)N3CCC(C(c4ccc(F)cc4)c4cccc(OCCF)c4)CC3)cc2N1. The Morgan fingerprint density at radius 2 is 1.84 bits per heavy atom. The van der Waals surface area contributed by atoms with Gasteiger partial charge in [0.2, 0.25) is 0 Å². The zero-order valence-electron chi connectivity index (χ0n) is 20.3. The van der Waals surface area contributed by atoms with Crippen LogP contribution >= 0.6 is 0 Å². The second-order valence-electron chi connectivity index (χ2n) is 9.32. The van der Waals surface area contributed by atoms with Gasteiger partial charge in [-0.15, -0.1) is 0 Å². The quantitative estimate of drug-likeness (QED) is 0.479. The summed E-state index contributed by atoms with van der Waals surface area (Å²) in [6.07, 6.45) is 1.52. The Bertz CT molecular complexity index is 1270. The first-order chi connectivity index (χ1) is 18.0. The monoisotopic (exact) mass is 506 g/mol. The lowest BCUT2D eigenvalue weighted by atomic mass is 9.76.